The molecule has 4 rings (SSSR count). The van der Waals surface area contributed by atoms with Gasteiger partial charge < -0.3 is 19.3 Å². The molecule has 0 amide bonds. The van der Waals surface area contributed by atoms with Crippen molar-refractivity contribution in [2.24, 2.45) is 11.3 Å². The van der Waals surface area contributed by atoms with E-state index >= 15 is 0 Å². The third kappa shape index (κ3) is 2.34. The first-order valence-electron chi connectivity index (χ1n) is 9.14. The predicted octanol–water partition coefficient (Wildman–Crippen LogP) is 1.36. The van der Waals surface area contributed by atoms with E-state index in [4.69, 9.17) is 14.2 Å². The van der Waals surface area contributed by atoms with Crippen molar-refractivity contribution in [3.63, 3.8) is 0 Å². The zero-order valence-electron chi connectivity index (χ0n) is 15.3. The van der Waals surface area contributed by atoms with Gasteiger partial charge in [-0.3, -0.25) is 4.79 Å². The number of esters is 3. The molecule has 2 aliphatic carbocycles. The van der Waals surface area contributed by atoms with Crippen molar-refractivity contribution in [2.45, 2.75) is 57.5 Å². The second-order valence-corrected chi connectivity index (χ2v) is 7.63. The molecule has 1 spiro atoms. The lowest BCUT2D eigenvalue weighted by atomic mass is 9.59. The number of hydrogen-bond donors (Lipinski definition) is 1. The van der Waals surface area contributed by atoms with Gasteiger partial charge in [0.15, 0.2) is 12.2 Å². The van der Waals surface area contributed by atoms with Gasteiger partial charge in [0.05, 0.1) is 12.0 Å². The van der Waals surface area contributed by atoms with Gasteiger partial charge in [-0.1, -0.05) is 12.7 Å². The molecule has 6 atom stereocenters. The van der Waals surface area contributed by atoms with Crippen LogP contribution in [0.3, 0.4) is 0 Å². The van der Waals surface area contributed by atoms with Gasteiger partial charge in [-0.25, -0.2) is 9.59 Å². The molecule has 7 heteroatoms. The Morgan fingerprint density at radius 2 is 2.15 bits per heavy atom. The minimum absolute atomic E-state index is 0.181. The molecule has 2 bridgehead atoms. The number of rotatable bonds is 2. The van der Waals surface area contributed by atoms with Gasteiger partial charge in [-0.15, -0.1) is 0 Å². The molecule has 0 aromatic carbocycles. The summed E-state index contributed by atoms with van der Waals surface area (Å²) in [6, 6.07) is 0. The number of aliphatic hydroxyl groups is 1. The van der Waals surface area contributed by atoms with Crippen molar-refractivity contribution in [2.75, 3.05) is 0 Å². The summed E-state index contributed by atoms with van der Waals surface area (Å²) >= 11 is 0. The first-order valence-corrected chi connectivity index (χ1v) is 9.14. The van der Waals surface area contributed by atoms with Crippen LogP contribution in [0.15, 0.2) is 35.5 Å². The maximum absolute atomic E-state index is 12.5. The van der Waals surface area contributed by atoms with E-state index in [0.717, 1.165) is 0 Å². The molecule has 0 aromatic rings. The molecule has 4 aliphatic rings. The van der Waals surface area contributed by atoms with Crippen LogP contribution in [0.25, 0.3) is 0 Å². The fourth-order valence-corrected chi connectivity index (χ4v) is 4.62. The second kappa shape index (κ2) is 6.05. The number of fused-ring (bicyclic) bond motifs is 2. The van der Waals surface area contributed by atoms with E-state index < -0.39 is 53.7 Å². The van der Waals surface area contributed by atoms with E-state index in [-0.39, 0.29) is 5.57 Å². The van der Waals surface area contributed by atoms with Crippen molar-refractivity contribution in [3.05, 3.63) is 35.5 Å². The highest BCUT2D eigenvalue weighted by molar-refractivity contribution is 5.93. The summed E-state index contributed by atoms with van der Waals surface area (Å²) in [6.45, 7) is 7.14. The number of allylic oxidation sites excluding steroid dienone is 1. The quantitative estimate of drug-likeness (QED) is 0.337. The fraction of sp³-hybridized carbons (Fsp3) is 0.550. The summed E-state index contributed by atoms with van der Waals surface area (Å²) in [4.78, 5) is 37.1. The average molecular weight is 374 g/mol. The predicted molar refractivity (Wildman–Crippen MR) is 92.1 cm³/mol. The summed E-state index contributed by atoms with van der Waals surface area (Å²) in [5.74, 6) is -2.30. The van der Waals surface area contributed by atoms with E-state index in [1.54, 1.807) is 26.0 Å². The Morgan fingerprint density at radius 3 is 2.81 bits per heavy atom. The van der Waals surface area contributed by atoms with Crippen LogP contribution in [0.2, 0.25) is 0 Å². The van der Waals surface area contributed by atoms with E-state index in [1.807, 2.05) is 0 Å². The monoisotopic (exact) mass is 374 g/mol. The lowest BCUT2D eigenvalue weighted by molar-refractivity contribution is -0.253. The van der Waals surface area contributed by atoms with Crippen LogP contribution in [0.1, 0.15) is 33.1 Å². The molecule has 27 heavy (non-hydrogen) atoms. The van der Waals surface area contributed by atoms with Gasteiger partial charge in [-0.2, -0.15) is 0 Å². The minimum Gasteiger partial charge on any atom is -0.456 e. The first-order chi connectivity index (χ1) is 12.8. The smallest absolute Gasteiger partial charge is 0.334 e. The normalized spacial score (nSPS) is 42.3. The van der Waals surface area contributed by atoms with Crippen molar-refractivity contribution in [1.82, 2.24) is 0 Å². The Kier molecular flexibility index (Phi) is 4.03. The lowest BCUT2D eigenvalue weighted by Crippen LogP contribution is -2.70. The zero-order valence-corrected chi connectivity index (χ0v) is 15.3. The Hall–Kier alpha value is -2.41. The molecule has 1 saturated carbocycles. The van der Waals surface area contributed by atoms with Crippen LogP contribution in [-0.2, 0) is 28.6 Å². The van der Waals surface area contributed by atoms with Crippen molar-refractivity contribution in [1.29, 1.82) is 0 Å². The van der Waals surface area contributed by atoms with Gasteiger partial charge in [0.1, 0.15) is 11.5 Å². The Bertz CT molecular complexity index is 807. The van der Waals surface area contributed by atoms with Crippen LogP contribution in [0, 0.1) is 11.3 Å². The van der Waals surface area contributed by atoms with Crippen molar-refractivity contribution < 1.29 is 33.7 Å². The van der Waals surface area contributed by atoms with E-state index in [1.165, 1.54) is 0 Å². The van der Waals surface area contributed by atoms with Crippen LogP contribution in [0.5, 0.6) is 0 Å². The summed E-state index contributed by atoms with van der Waals surface area (Å²) in [7, 11) is 0. The van der Waals surface area contributed by atoms with Gasteiger partial charge >= 0.3 is 17.9 Å². The molecule has 3 fully saturated rings. The molecule has 2 heterocycles. The molecule has 0 aromatic heterocycles. The largest absolute Gasteiger partial charge is 0.456 e. The van der Waals surface area contributed by atoms with Crippen LogP contribution in [0.4, 0.5) is 0 Å². The van der Waals surface area contributed by atoms with Gasteiger partial charge in [0.2, 0.25) is 0 Å². The fourth-order valence-electron chi connectivity index (χ4n) is 4.62. The standard InChI is InChI=1S/C20H22O7/c1-4-9(2)17(22)26-14-13-10(3)18(23)25-12(13)8-11-6-5-7-20(15(11)21)16(14)27-19(20)24/h4,8,12-16,21H,3,5-7H2,1-2H3/b9-4+,11-8-/t12-,13+,14+,15-,16-,20+/m1/s1. The highest BCUT2D eigenvalue weighted by Crippen LogP contribution is 2.55. The number of carbonyl (C=O) groups excluding carboxylic acids is 3. The number of aliphatic hydroxyl groups excluding tert-OH is 1. The SMILES string of the molecule is C=C1C(=O)O[C@@H]2/C=C3/CCC[C@]4(C(=O)O[C@@H]4[C@@H](OC(=O)/C(C)=C/C)[C@@H]12)[C@@H]3O. The summed E-state index contributed by atoms with van der Waals surface area (Å²) < 4.78 is 16.5. The molecule has 7 nitrogen and oxygen atoms in total. The van der Waals surface area contributed by atoms with E-state index in [0.29, 0.717) is 30.4 Å². The van der Waals surface area contributed by atoms with Crippen LogP contribution in [-0.4, -0.2) is 47.4 Å². The minimum atomic E-state index is -1.16. The molecule has 2 saturated heterocycles. The summed E-state index contributed by atoms with van der Waals surface area (Å²) in [6.07, 6.45) is 1.47. The van der Waals surface area contributed by atoms with Crippen molar-refractivity contribution in [3.8, 4) is 0 Å². The molecule has 144 valence electrons. The molecule has 0 unspecified atom stereocenters. The number of hydrogen-bond acceptors (Lipinski definition) is 7. The zero-order chi connectivity index (χ0) is 19.5. The topological polar surface area (TPSA) is 99.1 Å². The first kappa shape index (κ1) is 18.0. The highest BCUT2D eigenvalue weighted by atomic mass is 16.6. The summed E-state index contributed by atoms with van der Waals surface area (Å²) in [5.41, 5.74) is 0.0789. The average Bonchev–Trinajstić information content (AvgIpc) is 2.92. The molecular formula is C20H22O7. The molecule has 0 radical (unpaired) electrons. The lowest BCUT2D eigenvalue weighted by Gasteiger charge is -2.55. The van der Waals surface area contributed by atoms with Crippen LogP contribution >= 0.6 is 0 Å². The highest BCUT2D eigenvalue weighted by Gasteiger charge is 2.70. The number of ether oxygens (including phenoxy) is 3. The van der Waals surface area contributed by atoms with Gasteiger partial charge in [0, 0.05) is 11.1 Å². The Balaban J connectivity index is 1.82. The summed E-state index contributed by atoms with van der Waals surface area (Å²) in [5, 5.41) is 10.9. The van der Waals surface area contributed by atoms with Crippen molar-refractivity contribution >= 4 is 17.9 Å². The molecule has 2 aliphatic heterocycles. The van der Waals surface area contributed by atoms with E-state index in [9.17, 15) is 19.5 Å². The Labute approximate surface area is 156 Å². The third-order valence-electron chi connectivity index (χ3n) is 6.31. The van der Waals surface area contributed by atoms with Gasteiger partial charge in [0.25, 0.3) is 0 Å². The number of carbonyl (C=O) groups is 3. The van der Waals surface area contributed by atoms with Gasteiger partial charge in [-0.05, 0) is 44.8 Å². The molecular weight excluding hydrogens is 352 g/mol. The van der Waals surface area contributed by atoms with E-state index in [2.05, 4.69) is 6.58 Å². The third-order valence-corrected chi connectivity index (χ3v) is 6.31. The van der Waals surface area contributed by atoms with Crippen LogP contribution < -0.4 is 0 Å². The maximum atomic E-state index is 12.5. The maximum Gasteiger partial charge on any atom is 0.334 e. The second-order valence-electron chi connectivity index (χ2n) is 7.63. The Morgan fingerprint density at radius 1 is 1.41 bits per heavy atom. The molecule has 1 N–H and O–H groups in total.